The van der Waals surface area contributed by atoms with E-state index in [1.54, 1.807) is 0 Å². The van der Waals surface area contributed by atoms with E-state index in [0.717, 1.165) is 12.1 Å². The maximum Gasteiger partial charge on any atom is 0.0453 e. The van der Waals surface area contributed by atoms with Crippen molar-refractivity contribution in [1.29, 1.82) is 0 Å². The van der Waals surface area contributed by atoms with Gasteiger partial charge in [-0.05, 0) is 24.5 Å². The fourth-order valence-electron chi connectivity index (χ4n) is 1.45. The van der Waals surface area contributed by atoms with Crippen molar-refractivity contribution >= 4 is 0 Å². The summed E-state index contributed by atoms with van der Waals surface area (Å²) in [6.07, 6.45) is 2.71. The lowest BCUT2D eigenvalue weighted by Gasteiger charge is -2.12. The highest BCUT2D eigenvalue weighted by Gasteiger charge is 2.08. The third kappa shape index (κ3) is 2.81. The number of pyridine rings is 1. The molecule has 1 heterocycles. The van der Waals surface area contributed by atoms with Gasteiger partial charge < -0.3 is 5.73 Å². The lowest BCUT2D eigenvalue weighted by molar-refractivity contribution is 0.702. The van der Waals surface area contributed by atoms with E-state index in [1.165, 1.54) is 5.56 Å². The normalized spacial score (nSPS) is 13.3. The zero-order valence-corrected chi connectivity index (χ0v) is 8.62. The van der Waals surface area contributed by atoms with Gasteiger partial charge in [0, 0.05) is 24.4 Å². The van der Waals surface area contributed by atoms with E-state index in [4.69, 9.17) is 5.73 Å². The minimum Gasteiger partial charge on any atom is -0.328 e. The Morgan fingerprint density at radius 1 is 1.38 bits per heavy atom. The standard InChI is InChI=1S/C11H18N2/c1-8(2)10-5-4-6-13-11(10)7-9(3)12/h4-6,8-9H,7,12H2,1-3H3. The first-order valence-corrected chi connectivity index (χ1v) is 4.80. The van der Waals surface area contributed by atoms with Gasteiger partial charge in [0.25, 0.3) is 0 Å². The molecule has 0 amide bonds. The predicted molar refractivity (Wildman–Crippen MR) is 55.7 cm³/mol. The average molecular weight is 178 g/mol. The van der Waals surface area contributed by atoms with E-state index in [0.29, 0.717) is 5.92 Å². The Hall–Kier alpha value is -0.890. The van der Waals surface area contributed by atoms with Gasteiger partial charge in [0.1, 0.15) is 0 Å². The topological polar surface area (TPSA) is 38.9 Å². The van der Waals surface area contributed by atoms with Gasteiger partial charge >= 0.3 is 0 Å². The minimum absolute atomic E-state index is 0.187. The summed E-state index contributed by atoms with van der Waals surface area (Å²) >= 11 is 0. The molecule has 1 atom stereocenters. The monoisotopic (exact) mass is 178 g/mol. The molecule has 72 valence electrons. The Labute approximate surface area is 80.2 Å². The van der Waals surface area contributed by atoms with Crippen molar-refractivity contribution in [3.8, 4) is 0 Å². The van der Waals surface area contributed by atoms with Crippen LogP contribution >= 0.6 is 0 Å². The van der Waals surface area contributed by atoms with Gasteiger partial charge in [-0.3, -0.25) is 4.98 Å². The summed E-state index contributed by atoms with van der Waals surface area (Å²) in [6.45, 7) is 6.38. The van der Waals surface area contributed by atoms with Gasteiger partial charge in [0.05, 0.1) is 0 Å². The predicted octanol–water partition coefficient (Wildman–Crippen LogP) is 2.09. The summed E-state index contributed by atoms with van der Waals surface area (Å²) in [5, 5.41) is 0. The van der Waals surface area contributed by atoms with Crippen molar-refractivity contribution < 1.29 is 0 Å². The van der Waals surface area contributed by atoms with Crippen molar-refractivity contribution in [2.45, 2.75) is 39.2 Å². The Morgan fingerprint density at radius 3 is 2.62 bits per heavy atom. The fourth-order valence-corrected chi connectivity index (χ4v) is 1.45. The molecule has 1 rings (SSSR count). The van der Waals surface area contributed by atoms with Gasteiger partial charge in [-0.25, -0.2) is 0 Å². The van der Waals surface area contributed by atoms with Gasteiger partial charge in [0.15, 0.2) is 0 Å². The van der Waals surface area contributed by atoms with Crippen LogP contribution in [0.5, 0.6) is 0 Å². The molecule has 1 unspecified atom stereocenters. The number of nitrogens with two attached hydrogens (primary N) is 1. The van der Waals surface area contributed by atoms with Crippen LogP contribution in [0.4, 0.5) is 0 Å². The zero-order chi connectivity index (χ0) is 9.84. The molecule has 0 aliphatic rings. The van der Waals surface area contributed by atoms with E-state index in [1.807, 2.05) is 19.2 Å². The molecule has 2 heteroatoms. The van der Waals surface area contributed by atoms with Crippen molar-refractivity contribution in [1.82, 2.24) is 4.98 Å². The van der Waals surface area contributed by atoms with Gasteiger partial charge in [0.2, 0.25) is 0 Å². The second kappa shape index (κ2) is 4.38. The van der Waals surface area contributed by atoms with Crippen molar-refractivity contribution in [3.63, 3.8) is 0 Å². The van der Waals surface area contributed by atoms with Crippen LogP contribution in [-0.4, -0.2) is 11.0 Å². The number of hydrogen-bond acceptors (Lipinski definition) is 2. The molecule has 0 fully saturated rings. The molecule has 0 aliphatic carbocycles. The molecule has 0 spiro atoms. The molecule has 0 bridgehead atoms. The fraction of sp³-hybridized carbons (Fsp3) is 0.545. The maximum absolute atomic E-state index is 5.75. The lowest BCUT2D eigenvalue weighted by atomic mass is 9.98. The van der Waals surface area contributed by atoms with Crippen LogP contribution in [0.1, 0.15) is 37.9 Å². The van der Waals surface area contributed by atoms with Crippen molar-refractivity contribution in [2.75, 3.05) is 0 Å². The Morgan fingerprint density at radius 2 is 2.08 bits per heavy atom. The first-order chi connectivity index (χ1) is 6.11. The lowest BCUT2D eigenvalue weighted by Crippen LogP contribution is -2.19. The van der Waals surface area contributed by atoms with E-state index < -0.39 is 0 Å². The molecule has 2 N–H and O–H groups in total. The first-order valence-electron chi connectivity index (χ1n) is 4.80. The highest BCUT2D eigenvalue weighted by atomic mass is 14.7. The molecule has 0 saturated heterocycles. The molecule has 0 aromatic carbocycles. The highest BCUT2D eigenvalue weighted by Crippen LogP contribution is 2.17. The van der Waals surface area contributed by atoms with Gasteiger partial charge in [-0.2, -0.15) is 0 Å². The summed E-state index contributed by atoms with van der Waals surface area (Å²) in [5.74, 6) is 0.530. The quantitative estimate of drug-likeness (QED) is 0.769. The Balaban J connectivity index is 2.91. The first kappa shape index (κ1) is 10.2. The molecule has 1 aromatic rings. The molecule has 2 nitrogen and oxygen atoms in total. The van der Waals surface area contributed by atoms with Crippen molar-refractivity contribution in [3.05, 3.63) is 29.6 Å². The van der Waals surface area contributed by atoms with Crippen LogP contribution in [0.2, 0.25) is 0 Å². The number of aromatic nitrogens is 1. The summed E-state index contributed by atoms with van der Waals surface area (Å²) < 4.78 is 0. The average Bonchev–Trinajstić information content (AvgIpc) is 2.03. The summed E-state index contributed by atoms with van der Waals surface area (Å²) in [6, 6.07) is 4.31. The number of rotatable bonds is 3. The van der Waals surface area contributed by atoms with Crippen LogP contribution in [0, 0.1) is 0 Å². The molecule has 13 heavy (non-hydrogen) atoms. The second-order valence-corrected chi connectivity index (χ2v) is 3.88. The summed E-state index contributed by atoms with van der Waals surface area (Å²) in [7, 11) is 0. The minimum atomic E-state index is 0.187. The zero-order valence-electron chi connectivity index (χ0n) is 8.62. The third-order valence-corrected chi connectivity index (χ3v) is 2.06. The van der Waals surface area contributed by atoms with Gasteiger partial charge in [-0.15, -0.1) is 0 Å². The maximum atomic E-state index is 5.75. The summed E-state index contributed by atoms with van der Waals surface area (Å²) in [5.41, 5.74) is 8.22. The van der Waals surface area contributed by atoms with Crippen LogP contribution in [0.25, 0.3) is 0 Å². The molecule has 0 radical (unpaired) electrons. The number of nitrogens with zero attached hydrogens (tertiary/aromatic N) is 1. The van der Waals surface area contributed by atoms with E-state index in [9.17, 15) is 0 Å². The van der Waals surface area contributed by atoms with Crippen LogP contribution in [0.3, 0.4) is 0 Å². The van der Waals surface area contributed by atoms with Crippen LogP contribution in [0.15, 0.2) is 18.3 Å². The molecule has 0 saturated carbocycles. The van der Waals surface area contributed by atoms with Gasteiger partial charge in [-0.1, -0.05) is 19.9 Å². The Kier molecular flexibility index (Phi) is 3.43. The highest BCUT2D eigenvalue weighted by molar-refractivity contribution is 5.23. The second-order valence-electron chi connectivity index (χ2n) is 3.88. The Bertz CT molecular complexity index is 267. The van der Waals surface area contributed by atoms with Crippen LogP contribution < -0.4 is 5.73 Å². The molecule has 1 aromatic heterocycles. The summed E-state index contributed by atoms with van der Waals surface area (Å²) in [4.78, 5) is 4.36. The van der Waals surface area contributed by atoms with E-state index >= 15 is 0 Å². The molecular formula is C11H18N2. The third-order valence-electron chi connectivity index (χ3n) is 2.06. The SMILES string of the molecule is CC(N)Cc1ncccc1C(C)C. The molecule has 0 aliphatic heterocycles. The van der Waals surface area contributed by atoms with E-state index in [2.05, 4.69) is 24.9 Å². The largest absolute Gasteiger partial charge is 0.328 e. The molecular weight excluding hydrogens is 160 g/mol. The number of hydrogen-bond donors (Lipinski definition) is 1. The van der Waals surface area contributed by atoms with Crippen LogP contribution in [-0.2, 0) is 6.42 Å². The van der Waals surface area contributed by atoms with Crippen molar-refractivity contribution in [2.24, 2.45) is 5.73 Å². The smallest absolute Gasteiger partial charge is 0.0453 e. The van der Waals surface area contributed by atoms with E-state index in [-0.39, 0.29) is 6.04 Å².